The lowest BCUT2D eigenvalue weighted by atomic mass is 10.1. The molecular weight excluding hydrogens is 258 g/mol. The molecule has 0 saturated heterocycles. The third kappa shape index (κ3) is 1.97. The van der Waals surface area contributed by atoms with E-state index in [1.165, 1.54) is 12.1 Å². The summed E-state index contributed by atoms with van der Waals surface area (Å²) in [5.74, 6) is -0.349. The average molecular weight is 269 g/mol. The van der Waals surface area contributed by atoms with Gasteiger partial charge in [0.25, 0.3) is 0 Å². The molecule has 3 rings (SSSR count). The van der Waals surface area contributed by atoms with E-state index in [1.807, 2.05) is 29.7 Å². The minimum absolute atomic E-state index is 0.323. The lowest BCUT2D eigenvalue weighted by Crippen LogP contribution is -1.89. The maximum Gasteiger partial charge on any atom is 0.311 e. The fraction of sp³-hybridized carbons (Fsp3) is 0.0714. The Morgan fingerprint density at radius 1 is 1.30 bits per heavy atom. The molecule has 0 unspecified atom stereocenters. The Morgan fingerprint density at radius 2 is 2.10 bits per heavy atom. The molecule has 0 bridgehead atoms. The lowest BCUT2D eigenvalue weighted by Gasteiger charge is -1.98. The average Bonchev–Trinajstić information content (AvgIpc) is 2.81. The van der Waals surface area contributed by atoms with Crippen LogP contribution >= 0.6 is 0 Å². The maximum atomic E-state index is 10.8. The van der Waals surface area contributed by atoms with Gasteiger partial charge in [-0.15, -0.1) is 0 Å². The Kier molecular flexibility index (Phi) is 2.64. The highest BCUT2D eigenvalue weighted by atomic mass is 16.6. The SMILES string of the molecule is Cc1ccn2cc(-c3ccc(O)c([N+](=O)[O-])c3)nc2c1. The molecule has 1 aromatic carbocycles. The number of nitro groups is 1. The predicted molar refractivity (Wildman–Crippen MR) is 73.7 cm³/mol. The van der Waals surface area contributed by atoms with Crippen LogP contribution in [0, 0.1) is 17.0 Å². The van der Waals surface area contributed by atoms with Gasteiger partial charge >= 0.3 is 5.69 Å². The quantitative estimate of drug-likeness (QED) is 0.573. The van der Waals surface area contributed by atoms with Crippen molar-refractivity contribution >= 4 is 11.3 Å². The van der Waals surface area contributed by atoms with Gasteiger partial charge in [0, 0.05) is 24.0 Å². The molecule has 6 nitrogen and oxygen atoms in total. The van der Waals surface area contributed by atoms with Gasteiger partial charge in [-0.3, -0.25) is 10.1 Å². The number of hydrogen-bond donors (Lipinski definition) is 1. The van der Waals surface area contributed by atoms with Crippen LogP contribution in [-0.4, -0.2) is 19.4 Å². The molecule has 3 aromatic rings. The maximum absolute atomic E-state index is 10.8. The van der Waals surface area contributed by atoms with Crippen molar-refractivity contribution in [3.63, 3.8) is 0 Å². The Morgan fingerprint density at radius 3 is 2.85 bits per heavy atom. The molecule has 0 amide bonds. The molecule has 2 aromatic heterocycles. The molecule has 0 aliphatic heterocycles. The van der Waals surface area contributed by atoms with Gasteiger partial charge in [0.15, 0.2) is 5.75 Å². The van der Waals surface area contributed by atoms with Crippen LogP contribution in [0.1, 0.15) is 5.56 Å². The molecule has 0 radical (unpaired) electrons. The van der Waals surface area contributed by atoms with E-state index in [4.69, 9.17) is 0 Å². The van der Waals surface area contributed by atoms with Crippen LogP contribution in [0.5, 0.6) is 5.75 Å². The first-order valence-corrected chi connectivity index (χ1v) is 5.98. The number of phenolic OH excluding ortho intramolecular Hbond substituents is 1. The molecule has 0 atom stereocenters. The summed E-state index contributed by atoms with van der Waals surface area (Å²) in [5.41, 5.74) is 2.76. The lowest BCUT2D eigenvalue weighted by molar-refractivity contribution is -0.385. The molecule has 0 aliphatic rings. The van der Waals surface area contributed by atoms with Crippen molar-refractivity contribution < 1.29 is 10.0 Å². The number of pyridine rings is 1. The van der Waals surface area contributed by atoms with Gasteiger partial charge < -0.3 is 9.51 Å². The van der Waals surface area contributed by atoms with E-state index in [1.54, 1.807) is 12.3 Å². The number of aryl methyl sites for hydroxylation is 1. The Labute approximate surface area is 114 Å². The van der Waals surface area contributed by atoms with Crippen molar-refractivity contribution in [1.82, 2.24) is 9.38 Å². The first-order chi connectivity index (χ1) is 9.54. The van der Waals surface area contributed by atoms with Gasteiger partial charge in [-0.2, -0.15) is 0 Å². The zero-order valence-corrected chi connectivity index (χ0v) is 10.6. The van der Waals surface area contributed by atoms with Gasteiger partial charge in [0.2, 0.25) is 0 Å². The number of benzene rings is 1. The van der Waals surface area contributed by atoms with E-state index in [2.05, 4.69) is 4.98 Å². The van der Waals surface area contributed by atoms with Crippen LogP contribution in [0.25, 0.3) is 16.9 Å². The third-order valence-electron chi connectivity index (χ3n) is 3.08. The molecule has 1 N–H and O–H groups in total. The number of rotatable bonds is 2. The number of phenols is 1. The summed E-state index contributed by atoms with van der Waals surface area (Å²) in [7, 11) is 0. The molecule has 100 valence electrons. The summed E-state index contributed by atoms with van der Waals surface area (Å²) in [5, 5.41) is 20.3. The van der Waals surface area contributed by atoms with Crippen molar-refractivity contribution in [1.29, 1.82) is 0 Å². The molecule has 0 fully saturated rings. The minimum atomic E-state index is -0.612. The highest BCUT2D eigenvalue weighted by Gasteiger charge is 2.15. The van der Waals surface area contributed by atoms with Crippen molar-refractivity contribution in [3.05, 3.63) is 58.4 Å². The zero-order valence-electron chi connectivity index (χ0n) is 10.6. The normalized spacial score (nSPS) is 10.8. The van der Waals surface area contributed by atoms with Crippen LogP contribution in [0.4, 0.5) is 5.69 Å². The molecular formula is C14H11N3O3. The van der Waals surface area contributed by atoms with Crippen molar-refractivity contribution in [2.45, 2.75) is 6.92 Å². The van der Waals surface area contributed by atoms with E-state index >= 15 is 0 Å². The summed E-state index contributed by atoms with van der Waals surface area (Å²) >= 11 is 0. The van der Waals surface area contributed by atoms with Gasteiger partial charge in [-0.25, -0.2) is 4.98 Å². The van der Waals surface area contributed by atoms with Crippen LogP contribution < -0.4 is 0 Å². The summed E-state index contributed by atoms with van der Waals surface area (Å²) in [6.45, 7) is 1.97. The number of fused-ring (bicyclic) bond motifs is 1. The minimum Gasteiger partial charge on any atom is -0.502 e. The number of nitrogens with zero attached hydrogens (tertiary/aromatic N) is 3. The fourth-order valence-electron chi connectivity index (χ4n) is 2.05. The van der Waals surface area contributed by atoms with E-state index in [0.29, 0.717) is 11.3 Å². The van der Waals surface area contributed by atoms with Gasteiger partial charge in [0.1, 0.15) is 5.65 Å². The van der Waals surface area contributed by atoms with E-state index in [9.17, 15) is 15.2 Å². The fourth-order valence-corrected chi connectivity index (χ4v) is 2.05. The second kappa shape index (κ2) is 4.34. The molecule has 0 spiro atoms. The summed E-state index contributed by atoms with van der Waals surface area (Å²) in [4.78, 5) is 14.7. The Balaban J connectivity index is 2.15. The molecule has 2 heterocycles. The first kappa shape index (κ1) is 12.2. The number of imidazole rings is 1. The standard InChI is InChI=1S/C14H11N3O3/c1-9-4-5-16-8-11(15-14(16)6-9)10-2-3-13(18)12(7-10)17(19)20/h2-8,18H,1H3. The third-order valence-corrected chi connectivity index (χ3v) is 3.08. The second-order valence-corrected chi connectivity index (χ2v) is 4.56. The van der Waals surface area contributed by atoms with Crippen molar-refractivity contribution in [2.24, 2.45) is 0 Å². The van der Waals surface area contributed by atoms with Crippen molar-refractivity contribution in [2.75, 3.05) is 0 Å². The van der Waals surface area contributed by atoms with Crippen LogP contribution in [-0.2, 0) is 0 Å². The number of hydrogen-bond acceptors (Lipinski definition) is 4. The van der Waals surface area contributed by atoms with Crippen LogP contribution in [0.3, 0.4) is 0 Å². The largest absolute Gasteiger partial charge is 0.502 e. The summed E-state index contributed by atoms with van der Waals surface area (Å²) in [6.07, 6.45) is 3.68. The zero-order chi connectivity index (χ0) is 14.3. The second-order valence-electron chi connectivity index (χ2n) is 4.56. The van der Waals surface area contributed by atoms with E-state index in [-0.39, 0.29) is 11.4 Å². The highest BCUT2D eigenvalue weighted by molar-refractivity contribution is 5.67. The molecule has 6 heteroatoms. The predicted octanol–water partition coefficient (Wildman–Crippen LogP) is 2.92. The van der Waals surface area contributed by atoms with Crippen molar-refractivity contribution in [3.8, 4) is 17.0 Å². The molecule has 20 heavy (non-hydrogen) atoms. The Bertz CT molecular complexity index is 824. The Hall–Kier alpha value is -2.89. The molecule has 0 aliphatic carbocycles. The first-order valence-electron chi connectivity index (χ1n) is 5.98. The summed E-state index contributed by atoms with van der Waals surface area (Å²) in [6, 6.07) is 8.12. The smallest absolute Gasteiger partial charge is 0.311 e. The van der Waals surface area contributed by atoms with Crippen LogP contribution in [0.2, 0.25) is 0 Å². The monoisotopic (exact) mass is 269 g/mol. The van der Waals surface area contributed by atoms with Gasteiger partial charge in [-0.1, -0.05) is 0 Å². The topological polar surface area (TPSA) is 80.7 Å². The van der Waals surface area contributed by atoms with E-state index in [0.717, 1.165) is 11.2 Å². The van der Waals surface area contributed by atoms with Crippen LogP contribution in [0.15, 0.2) is 42.7 Å². The van der Waals surface area contributed by atoms with Gasteiger partial charge in [0.05, 0.1) is 10.6 Å². The number of aromatic hydroxyl groups is 1. The number of nitro benzene ring substituents is 1. The highest BCUT2D eigenvalue weighted by Crippen LogP contribution is 2.31. The van der Waals surface area contributed by atoms with E-state index < -0.39 is 4.92 Å². The summed E-state index contributed by atoms with van der Waals surface area (Å²) < 4.78 is 1.85. The van der Waals surface area contributed by atoms with Gasteiger partial charge in [-0.05, 0) is 36.8 Å². The number of aromatic nitrogens is 2. The molecule has 0 saturated carbocycles.